The van der Waals surface area contributed by atoms with Crippen LogP contribution in [0.25, 0.3) is 22.4 Å². The first-order valence-corrected chi connectivity index (χ1v) is 12.9. The Morgan fingerprint density at radius 1 is 1.34 bits per heavy atom. The highest BCUT2D eigenvalue weighted by Crippen LogP contribution is 2.33. The van der Waals surface area contributed by atoms with Gasteiger partial charge in [0.2, 0.25) is 0 Å². The SMILES string of the molecule is COC1=CC(C(=O)N2CCCC(CNc3nc(-c4c[nH]c5ncc(Cl)cc45)ncc3F)C2)=CCC1(C)OC. The highest BCUT2D eigenvalue weighted by molar-refractivity contribution is 6.31. The Labute approximate surface area is 225 Å². The number of halogens is 2. The summed E-state index contributed by atoms with van der Waals surface area (Å²) in [6.45, 7) is 3.64. The van der Waals surface area contributed by atoms with Gasteiger partial charge in [-0.1, -0.05) is 17.7 Å². The number of anilines is 1. The molecule has 1 saturated heterocycles. The lowest BCUT2D eigenvalue weighted by molar-refractivity contribution is -0.128. The number of aromatic amines is 1. The predicted octanol–water partition coefficient (Wildman–Crippen LogP) is 4.73. The van der Waals surface area contributed by atoms with Crippen molar-refractivity contribution in [2.45, 2.75) is 31.8 Å². The molecule has 1 amide bonds. The molecule has 200 valence electrons. The van der Waals surface area contributed by atoms with Crippen molar-refractivity contribution in [1.29, 1.82) is 0 Å². The third-order valence-corrected chi connectivity index (χ3v) is 7.49. The quantitative estimate of drug-likeness (QED) is 0.446. The number of aromatic nitrogens is 4. The molecule has 0 spiro atoms. The molecule has 2 aliphatic rings. The number of nitrogens with zero attached hydrogens (tertiary/aromatic N) is 4. The topological polar surface area (TPSA) is 105 Å². The maximum Gasteiger partial charge on any atom is 0.253 e. The monoisotopic (exact) mass is 540 g/mol. The van der Waals surface area contributed by atoms with Crippen LogP contribution in [-0.2, 0) is 14.3 Å². The molecule has 0 radical (unpaired) electrons. The first-order chi connectivity index (χ1) is 18.3. The normalized spacial score (nSPS) is 21.7. The number of likely N-dealkylation sites (tertiary alicyclic amines) is 1. The van der Waals surface area contributed by atoms with Crippen molar-refractivity contribution in [1.82, 2.24) is 24.8 Å². The van der Waals surface area contributed by atoms with Gasteiger partial charge in [-0.25, -0.2) is 19.3 Å². The second-order valence-corrected chi connectivity index (χ2v) is 10.2. The minimum Gasteiger partial charge on any atom is -0.498 e. The van der Waals surface area contributed by atoms with E-state index in [4.69, 9.17) is 21.1 Å². The van der Waals surface area contributed by atoms with Crippen LogP contribution in [0.15, 0.2) is 48.1 Å². The zero-order valence-electron chi connectivity index (χ0n) is 21.6. The van der Waals surface area contributed by atoms with E-state index in [-0.39, 0.29) is 17.6 Å². The van der Waals surface area contributed by atoms with Crippen LogP contribution in [0.4, 0.5) is 10.2 Å². The maximum absolute atomic E-state index is 14.6. The van der Waals surface area contributed by atoms with Gasteiger partial charge < -0.3 is 24.7 Å². The second kappa shape index (κ2) is 10.7. The molecule has 11 heteroatoms. The Morgan fingerprint density at radius 3 is 2.97 bits per heavy atom. The van der Waals surface area contributed by atoms with Gasteiger partial charge in [0.05, 0.1) is 18.3 Å². The number of hydrogen-bond donors (Lipinski definition) is 2. The number of fused-ring (bicyclic) bond motifs is 1. The van der Waals surface area contributed by atoms with Gasteiger partial charge in [0.1, 0.15) is 17.0 Å². The van der Waals surface area contributed by atoms with Gasteiger partial charge in [0.25, 0.3) is 5.91 Å². The van der Waals surface area contributed by atoms with E-state index in [1.165, 1.54) is 0 Å². The lowest BCUT2D eigenvalue weighted by atomic mass is 9.90. The molecule has 4 heterocycles. The van der Waals surface area contributed by atoms with E-state index in [1.54, 1.807) is 38.8 Å². The number of amides is 1. The fourth-order valence-corrected chi connectivity index (χ4v) is 5.15. The standard InChI is InChI=1S/C27H30ClFN6O3/c1-27(38-3)7-6-17(9-22(27)37-2)26(36)35-8-4-5-16(15-35)11-30-25-21(29)14-33-24(34-25)20-13-32-23-19(20)10-18(28)12-31-23/h6,9-10,12-14,16H,4-5,7-8,11,15H2,1-3H3,(H,31,32)(H,30,33,34). The molecule has 3 aromatic rings. The first kappa shape index (κ1) is 26.1. The van der Waals surface area contributed by atoms with Crippen molar-refractivity contribution in [3.05, 3.63) is 59.0 Å². The van der Waals surface area contributed by atoms with Crippen LogP contribution < -0.4 is 5.32 Å². The summed E-state index contributed by atoms with van der Waals surface area (Å²) >= 11 is 6.11. The molecule has 3 aromatic heterocycles. The number of methoxy groups -OCH3 is 2. The molecule has 1 fully saturated rings. The summed E-state index contributed by atoms with van der Waals surface area (Å²) in [7, 11) is 3.22. The molecule has 1 aliphatic heterocycles. The highest BCUT2D eigenvalue weighted by atomic mass is 35.5. The number of carbonyl (C=O) groups excluding carboxylic acids is 1. The molecule has 2 N–H and O–H groups in total. The smallest absolute Gasteiger partial charge is 0.253 e. The van der Waals surface area contributed by atoms with Crippen LogP contribution in [0.1, 0.15) is 26.2 Å². The Bertz CT molecular complexity index is 1420. The van der Waals surface area contributed by atoms with E-state index in [0.29, 0.717) is 59.4 Å². The predicted molar refractivity (Wildman–Crippen MR) is 143 cm³/mol. The van der Waals surface area contributed by atoms with Gasteiger partial charge in [-0.2, -0.15) is 0 Å². The van der Waals surface area contributed by atoms with Gasteiger partial charge in [-0.15, -0.1) is 0 Å². The second-order valence-electron chi connectivity index (χ2n) is 9.79. The summed E-state index contributed by atoms with van der Waals surface area (Å²) in [6.07, 6.45) is 10.4. The van der Waals surface area contributed by atoms with Crippen LogP contribution >= 0.6 is 11.6 Å². The highest BCUT2D eigenvalue weighted by Gasteiger charge is 2.35. The Morgan fingerprint density at radius 2 is 2.18 bits per heavy atom. The third kappa shape index (κ3) is 5.10. The van der Waals surface area contributed by atoms with Crippen molar-refractivity contribution < 1.29 is 18.7 Å². The number of H-pyrrole nitrogens is 1. The van der Waals surface area contributed by atoms with Gasteiger partial charge in [0, 0.05) is 62.1 Å². The van der Waals surface area contributed by atoms with Crippen molar-refractivity contribution >= 4 is 34.4 Å². The van der Waals surface area contributed by atoms with Crippen molar-refractivity contribution in [2.75, 3.05) is 39.2 Å². The minimum atomic E-state index is -0.581. The molecule has 38 heavy (non-hydrogen) atoms. The zero-order chi connectivity index (χ0) is 26.9. The molecule has 0 saturated carbocycles. The van der Waals surface area contributed by atoms with Crippen LogP contribution in [0.3, 0.4) is 0 Å². The maximum atomic E-state index is 14.6. The number of piperidine rings is 1. The number of hydrogen-bond acceptors (Lipinski definition) is 7. The summed E-state index contributed by atoms with van der Waals surface area (Å²) < 4.78 is 25.7. The summed E-state index contributed by atoms with van der Waals surface area (Å²) in [6, 6.07) is 1.77. The molecule has 5 rings (SSSR count). The molecule has 0 aromatic carbocycles. The summed E-state index contributed by atoms with van der Waals surface area (Å²) in [5.74, 6) is 0.663. The third-order valence-electron chi connectivity index (χ3n) is 7.28. The molecule has 0 bridgehead atoms. The van der Waals surface area contributed by atoms with E-state index < -0.39 is 11.4 Å². The van der Waals surface area contributed by atoms with E-state index in [1.807, 2.05) is 17.9 Å². The fourth-order valence-electron chi connectivity index (χ4n) is 4.99. The van der Waals surface area contributed by atoms with Crippen LogP contribution in [-0.4, -0.2) is 70.2 Å². The lowest BCUT2D eigenvalue weighted by Crippen LogP contribution is -2.43. The van der Waals surface area contributed by atoms with Gasteiger partial charge in [0.15, 0.2) is 17.5 Å². The average molecular weight is 541 g/mol. The van der Waals surface area contributed by atoms with Gasteiger partial charge >= 0.3 is 0 Å². The molecular formula is C27H30ClFN6O3. The molecule has 2 atom stereocenters. The van der Waals surface area contributed by atoms with Crippen LogP contribution in [0.5, 0.6) is 0 Å². The molecule has 2 unspecified atom stereocenters. The van der Waals surface area contributed by atoms with E-state index in [0.717, 1.165) is 24.4 Å². The Balaban J connectivity index is 1.26. The van der Waals surface area contributed by atoms with Crippen molar-refractivity contribution in [3.8, 4) is 11.4 Å². The number of ether oxygens (including phenoxy) is 2. The summed E-state index contributed by atoms with van der Waals surface area (Å²) in [5.41, 5.74) is 1.35. The van der Waals surface area contributed by atoms with E-state index in [2.05, 4.69) is 25.3 Å². The summed E-state index contributed by atoms with van der Waals surface area (Å²) in [5, 5.41) is 4.38. The molecule has 1 aliphatic carbocycles. The van der Waals surface area contributed by atoms with Crippen molar-refractivity contribution in [2.24, 2.45) is 5.92 Å². The van der Waals surface area contributed by atoms with Crippen LogP contribution in [0, 0.1) is 11.7 Å². The van der Waals surface area contributed by atoms with E-state index >= 15 is 0 Å². The molecular weight excluding hydrogens is 511 g/mol. The number of nitrogens with one attached hydrogen (secondary N) is 2. The summed E-state index contributed by atoms with van der Waals surface area (Å²) in [4.78, 5) is 31.1. The first-order valence-electron chi connectivity index (χ1n) is 12.5. The molecule has 9 nitrogen and oxygen atoms in total. The zero-order valence-corrected chi connectivity index (χ0v) is 22.3. The number of pyridine rings is 1. The minimum absolute atomic E-state index is 0.0375. The Hall–Kier alpha value is -3.50. The van der Waals surface area contributed by atoms with E-state index in [9.17, 15) is 9.18 Å². The fraction of sp³-hybridized carbons (Fsp3) is 0.407. The van der Waals surface area contributed by atoms with Gasteiger partial charge in [-0.3, -0.25) is 4.79 Å². The van der Waals surface area contributed by atoms with Crippen LogP contribution in [0.2, 0.25) is 5.02 Å². The Kier molecular flexibility index (Phi) is 7.36. The largest absolute Gasteiger partial charge is 0.498 e. The average Bonchev–Trinajstić information content (AvgIpc) is 3.35. The van der Waals surface area contributed by atoms with Crippen molar-refractivity contribution in [3.63, 3.8) is 0 Å². The van der Waals surface area contributed by atoms with Gasteiger partial charge in [-0.05, 0) is 37.8 Å². The number of carbonyl (C=O) groups is 1. The number of rotatable bonds is 7. The lowest BCUT2D eigenvalue weighted by Gasteiger charge is -2.35.